The van der Waals surface area contributed by atoms with Crippen molar-refractivity contribution in [3.8, 4) is 5.69 Å². The third kappa shape index (κ3) is 3.61. The molecule has 7 nitrogen and oxygen atoms in total. The van der Waals surface area contributed by atoms with Crippen molar-refractivity contribution in [2.75, 3.05) is 0 Å². The Kier molecular flexibility index (Phi) is 4.18. The molecule has 0 spiro atoms. The van der Waals surface area contributed by atoms with Gasteiger partial charge in [-0.25, -0.2) is 17.8 Å². The highest BCUT2D eigenvalue weighted by Gasteiger charge is 2.14. The Morgan fingerprint density at radius 1 is 1.17 bits per heavy atom. The summed E-state index contributed by atoms with van der Waals surface area (Å²) in [5.41, 5.74) is 2.28. The van der Waals surface area contributed by atoms with Crippen LogP contribution in [0, 0.1) is 6.92 Å². The molecular formula is C15H15N5O2S. The molecule has 0 unspecified atom stereocenters. The minimum atomic E-state index is -3.57. The van der Waals surface area contributed by atoms with Gasteiger partial charge < -0.3 is 0 Å². The summed E-state index contributed by atoms with van der Waals surface area (Å²) in [6.07, 6.45) is 4.97. The summed E-state index contributed by atoms with van der Waals surface area (Å²) >= 11 is 0. The fourth-order valence-corrected chi connectivity index (χ4v) is 2.96. The van der Waals surface area contributed by atoms with E-state index in [1.807, 2.05) is 13.0 Å². The average Bonchev–Trinajstić information content (AvgIpc) is 3.03. The number of nitrogens with one attached hydrogen (secondary N) is 1. The number of hydrogen-bond donors (Lipinski definition) is 1. The van der Waals surface area contributed by atoms with E-state index in [9.17, 15) is 8.42 Å². The zero-order valence-corrected chi connectivity index (χ0v) is 13.2. The Morgan fingerprint density at radius 2 is 1.96 bits per heavy atom. The van der Waals surface area contributed by atoms with Crippen LogP contribution in [0.15, 0.2) is 59.9 Å². The van der Waals surface area contributed by atoms with E-state index < -0.39 is 10.0 Å². The predicted octanol–water partition coefficient (Wildman–Crippen LogP) is 1.45. The fourth-order valence-electron chi connectivity index (χ4n) is 1.96. The average molecular weight is 329 g/mol. The van der Waals surface area contributed by atoms with E-state index in [2.05, 4.69) is 20.0 Å². The number of sulfonamides is 1. The number of aryl methyl sites for hydroxylation is 1. The molecule has 1 aromatic carbocycles. The molecule has 2 heterocycles. The number of pyridine rings is 1. The Morgan fingerprint density at radius 3 is 2.65 bits per heavy atom. The van der Waals surface area contributed by atoms with Crippen molar-refractivity contribution in [2.45, 2.75) is 18.4 Å². The van der Waals surface area contributed by atoms with Crippen LogP contribution >= 0.6 is 0 Å². The summed E-state index contributed by atoms with van der Waals surface area (Å²) in [4.78, 5) is 4.23. The highest BCUT2D eigenvalue weighted by Crippen LogP contribution is 2.11. The minimum Gasteiger partial charge on any atom is -0.262 e. The van der Waals surface area contributed by atoms with Crippen LogP contribution < -0.4 is 4.72 Å². The first-order valence-corrected chi connectivity index (χ1v) is 8.41. The largest absolute Gasteiger partial charge is 0.262 e. The maximum atomic E-state index is 12.2. The fraction of sp³-hybridized carbons (Fsp3) is 0.133. The minimum absolute atomic E-state index is 0.0659. The van der Waals surface area contributed by atoms with E-state index in [0.717, 1.165) is 11.3 Å². The summed E-state index contributed by atoms with van der Waals surface area (Å²) in [6, 6.07) is 10.3. The van der Waals surface area contributed by atoms with Gasteiger partial charge in [0.25, 0.3) is 0 Å². The molecule has 0 atom stereocenters. The van der Waals surface area contributed by atoms with Crippen LogP contribution in [0.2, 0.25) is 0 Å². The Hall–Kier alpha value is -2.58. The highest BCUT2D eigenvalue weighted by molar-refractivity contribution is 7.89. The molecule has 3 rings (SSSR count). The lowest BCUT2D eigenvalue weighted by molar-refractivity contribution is 0.580. The van der Waals surface area contributed by atoms with Crippen LogP contribution in [-0.2, 0) is 16.6 Å². The zero-order valence-electron chi connectivity index (χ0n) is 12.4. The van der Waals surface area contributed by atoms with Crippen LogP contribution in [0.4, 0.5) is 0 Å². The number of nitrogens with zero attached hydrogens (tertiary/aromatic N) is 4. The van der Waals surface area contributed by atoms with Crippen LogP contribution in [-0.4, -0.2) is 28.4 Å². The van der Waals surface area contributed by atoms with Gasteiger partial charge in [-0.15, -0.1) is 5.10 Å². The van der Waals surface area contributed by atoms with Crippen molar-refractivity contribution in [3.63, 3.8) is 0 Å². The summed E-state index contributed by atoms with van der Waals surface area (Å²) in [7, 11) is -3.57. The smallest absolute Gasteiger partial charge is 0.240 e. The second-order valence-electron chi connectivity index (χ2n) is 5.00. The third-order valence-corrected chi connectivity index (χ3v) is 4.64. The van der Waals surface area contributed by atoms with E-state index in [4.69, 9.17) is 0 Å². The van der Waals surface area contributed by atoms with Gasteiger partial charge in [-0.2, -0.15) is 0 Å². The zero-order chi connectivity index (χ0) is 16.3. The first kappa shape index (κ1) is 15.3. The number of rotatable bonds is 5. The number of aromatic nitrogens is 4. The molecule has 0 saturated carbocycles. The standard InChI is InChI=1S/C15H15N5O2S/c1-12-4-6-15(7-5-12)23(21,22)17-9-13-11-20(19-18-13)14-3-2-8-16-10-14/h2-8,10-11,17H,9H2,1H3. The van der Waals surface area contributed by atoms with E-state index in [1.165, 1.54) is 0 Å². The van der Waals surface area contributed by atoms with Crippen LogP contribution in [0.25, 0.3) is 5.69 Å². The van der Waals surface area contributed by atoms with E-state index in [0.29, 0.717) is 5.69 Å². The summed E-state index contributed by atoms with van der Waals surface area (Å²) in [5, 5.41) is 7.92. The van der Waals surface area contributed by atoms with Gasteiger partial charge in [0.2, 0.25) is 10.0 Å². The SMILES string of the molecule is Cc1ccc(S(=O)(=O)NCc2cn(-c3cccnc3)nn2)cc1. The highest BCUT2D eigenvalue weighted by atomic mass is 32.2. The second-order valence-corrected chi connectivity index (χ2v) is 6.77. The topological polar surface area (TPSA) is 89.8 Å². The van der Waals surface area contributed by atoms with Gasteiger partial charge in [0.15, 0.2) is 0 Å². The molecule has 0 radical (unpaired) electrons. The predicted molar refractivity (Wildman–Crippen MR) is 84.4 cm³/mol. The monoisotopic (exact) mass is 329 g/mol. The molecule has 0 amide bonds. The first-order chi connectivity index (χ1) is 11.0. The van der Waals surface area contributed by atoms with Crippen molar-refractivity contribution in [3.05, 3.63) is 66.2 Å². The Labute approximate surface area is 134 Å². The molecule has 0 aliphatic carbocycles. The molecule has 8 heteroatoms. The molecule has 0 aliphatic heterocycles. The van der Waals surface area contributed by atoms with Crippen LogP contribution in [0.3, 0.4) is 0 Å². The maximum absolute atomic E-state index is 12.2. The molecule has 0 aliphatic rings. The molecular weight excluding hydrogens is 314 g/mol. The quantitative estimate of drug-likeness (QED) is 0.765. The van der Waals surface area contributed by atoms with E-state index >= 15 is 0 Å². The molecule has 23 heavy (non-hydrogen) atoms. The van der Waals surface area contributed by atoms with Crippen molar-refractivity contribution in [2.24, 2.45) is 0 Å². The molecule has 1 N–H and O–H groups in total. The van der Waals surface area contributed by atoms with Gasteiger partial charge in [0.1, 0.15) is 0 Å². The van der Waals surface area contributed by atoms with Gasteiger partial charge in [-0.3, -0.25) is 4.98 Å². The van der Waals surface area contributed by atoms with Crippen molar-refractivity contribution in [1.82, 2.24) is 24.7 Å². The van der Waals surface area contributed by atoms with Crippen LogP contribution in [0.1, 0.15) is 11.3 Å². The summed E-state index contributed by atoms with van der Waals surface area (Å²) in [5.74, 6) is 0. The lowest BCUT2D eigenvalue weighted by atomic mass is 10.2. The number of benzene rings is 1. The third-order valence-electron chi connectivity index (χ3n) is 3.23. The number of hydrogen-bond acceptors (Lipinski definition) is 5. The normalized spacial score (nSPS) is 11.5. The molecule has 0 saturated heterocycles. The van der Waals surface area contributed by atoms with Crippen LogP contribution in [0.5, 0.6) is 0 Å². The van der Waals surface area contributed by atoms with Crippen molar-refractivity contribution < 1.29 is 8.42 Å². The van der Waals surface area contributed by atoms with Gasteiger partial charge in [0.05, 0.1) is 35.2 Å². The lowest BCUT2D eigenvalue weighted by Gasteiger charge is -2.05. The van der Waals surface area contributed by atoms with Gasteiger partial charge in [-0.1, -0.05) is 22.9 Å². The first-order valence-electron chi connectivity index (χ1n) is 6.92. The van der Waals surface area contributed by atoms with E-state index in [1.54, 1.807) is 53.6 Å². The van der Waals surface area contributed by atoms with Crippen molar-refractivity contribution in [1.29, 1.82) is 0 Å². The summed E-state index contributed by atoms with van der Waals surface area (Å²) < 4.78 is 28.5. The molecule has 118 valence electrons. The maximum Gasteiger partial charge on any atom is 0.240 e. The lowest BCUT2D eigenvalue weighted by Crippen LogP contribution is -2.23. The Balaban J connectivity index is 1.71. The Bertz CT molecular complexity index is 889. The van der Waals surface area contributed by atoms with Gasteiger partial charge in [0, 0.05) is 6.20 Å². The van der Waals surface area contributed by atoms with Gasteiger partial charge in [-0.05, 0) is 31.2 Å². The molecule has 2 aromatic heterocycles. The van der Waals surface area contributed by atoms with Crippen molar-refractivity contribution >= 4 is 10.0 Å². The molecule has 3 aromatic rings. The second kappa shape index (κ2) is 6.27. The molecule has 0 bridgehead atoms. The summed E-state index contributed by atoms with van der Waals surface area (Å²) in [6.45, 7) is 1.97. The molecule has 0 fully saturated rings. The van der Waals surface area contributed by atoms with Gasteiger partial charge >= 0.3 is 0 Å². The van der Waals surface area contributed by atoms with E-state index in [-0.39, 0.29) is 11.4 Å².